The van der Waals surface area contributed by atoms with Gasteiger partial charge in [-0.15, -0.1) is 0 Å². The fourth-order valence-corrected chi connectivity index (χ4v) is 3.61. The second kappa shape index (κ2) is 5.21. The topological polar surface area (TPSA) is 40.5 Å². The number of carboxylic acids is 1. The maximum Gasteiger partial charge on any atom is 0.326 e. The highest BCUT2D eigenvalue weighted by molar-refractivity contribution is 7.99. The van der Waals surface area contributed by atoms with Gasteiger partial charge >= 0.3 is 5.97 Å². The minimum atomic E-state index is -0.788. The standard InChI is InChI=1S/C16H15NO2S/c1-2-11(16(18)19)17-12-7-3-5-9-14(12)20-15-10-6-4-8-13(15)17/h3-11H,2H2,1H3,(H,18,19). The van der Waals surface area contributed by atoms with Crippen molar-refractivity contribution in [1.82, 2.24) is 0 Å². The SMILES string of the molecule is CCC(C(=O)O)N1c2ccccc2Sc2ccccc21. The van der Waals surface area contributed by atoms with Gasteiger partial charge < -0.3 is 10.0 Å². The van der Waals surface area contributed by atoms with Crippen LogP contribution < -0.4 is 4.90 Å². The van der Waals surface area contributed by atoms with E-state index in [2.05, 4.69) is 0 Å². The number of nitrogens with zero attached hydrogens (tertiary/aromatic N) is 1. The number of hydrogen-bond acceptors (Lipinski definition) is 3. The highest BCUT2D eigenvalue weighted by Crippen LogP contribution is 2.48. The van der Waals surface area contributed by atoms with E-state index >= 15 is 0 Å². The largest absolute Gasteiger partial charge is 0.480 e. The molecule has 0 radical (unpaired) electrons. The van der Waals surface area contributed by atoms with Gasteiger partial charge in [0.15, 0.2) is 0 Å². The van der Waals surface area contributed by atoms with Gasteiger partial charge in [-0.3, -0.25) is 0 Å². The zero-order valence-corrected chi connectivity index (χ0v) is 11.9. The third-order valence-electron chi connectivity index (χ3n) is 3.45. The molecule has 3 rings (SSSR count). The minimum Gasteiger partial charge on any atom is -0.480 e. The summed E-state index contributed by atoms with van der Waals surface area (Å²) in [6, 6.07) is 15.4. The number of hydrogen-bond donors (Lipinski definition) is 1. The van der Waals surface area contributed by atoms with Gasteiger partial charge in [0, 0.05) is 9.79 Å². The van der Waals surface area contributed by atoms with E-state index in [0.717, 1.165) is 21.2 Å². The van der Waals surface area contributed by atoms with Crippen LogP contribution >= 0.6 is 11.8 Å². The number of fused-ring (bicyclic) bond motifs is 2. The molecule has 0 spiro atoms. The molecule has 1 atom stereocenters. The molecule has 0 amide bonds. The second-order valence-electron chi connectivity index (χ2n) is 4.67. The number of benzene rings is 2. The zero-order valence-electron chi connectivity index (χ0n) is 11.1. The molecule has 3 nitrogen and oxygen atoms in total. The van der Waals surface area contributed by atoms with Crippen molar-refractivity contribution in [3.05, 3.63) is 48.5 Å². The molecule has 20 heavy (non-hydrogen) atoms. The smallest absolute Gasteiger partial charge is 0.326 e. The molecule has 1 aliphatic heterocycles. The van der Waals surface area contributed by atoms with Crippen molar-refractivity contribution >= 4 is 29.1 Å². The summed E-state index contributed by atoms with van der Waals surface area (Å²) in [5.41, 5.74) is 1.95. The predicted molar refractivity (Wildman–Crippen MR) is 80.9 cm³/mol. The summed E-state index contributed by atoms with van der Waals surface area (Å²) < 4.78 is 0. The Balaban J connectivity index is 2.19. The number of aliphatic carboxylic acids is 1. The van der Waals surface area contributed by atoms with Gasteiger partial charge in [0.2, 0.25) is 0 Å². The maximum atomic E-state index is 11.6. The Bertz CT molecular complexity index is 611. The quantitative estimate of drug-likeness (QED) is 0.919. The van der Waals surface area contributed by atoms with Gasteiger partial charge in [-0.1, -0.05) is 43.0 Å². The summed E-state index contributed by atoms with van der Waals surface area (Å²) in [4.78, 5) is 15.8. The first-order valence-electron chi connectivity index (χ1n) is 6.60. The van der Waals surface area contributed by atoms with Crippen molar-refractivity contribution < 1.29 is 9.90 Å². The van der Waals surface area contributed by atoms with E-state index in [-0.39, 0.29) is 0 Å². The summed E-state index contributed by atoms with van der Waals surface area (Å²) in [5.74, 6) is -0.788. The molecule has 1 aliphatic rings. The predicted octanol–water partition coefficient (Wildman–Crippen LogP) is 4.15. The Morgan fingerprint density at radius 2 is 1.60 bits per heavy atom. The molecule has 0 saturated carbocycles. The molecule has 0 aromatic heterocycles. The molecule has 102 valence electrons. The minimum absolute atomic E-state index is 0.543. The fraction of sp³-hybridized carbons (Fsp3) is 0.188. The van der Waals surface area contributed by atoms with Crippen molar-refractivity contribution in [3.8, 4) is 0 Å². The molecule has 2 aromatic carbocycles. The van der Waals surface area contributed by atoms with Crippen molar-refractivity contribution in [2.75, 3.05) is 4.90 Å². The number of rotatable bonds is 3. The van der Waals surface area contributed by atoms with E-state index < -0.39 is 12.0 Å². The van der Waals surface area contributed by atoms with Crippen molar-refractivity contribution in [2.24, 2.45) is 0 Å². The number of carboxylic acid groups (broad SMARTS) is 1. The van der Waals surface area contributed by atoms with E-state index in [0.29, 0.717) is 6.42 Å². The first-order chi connectivity index (χ1) is 9.72. The van der Waals surface area contributed by atoms with Crippen molar-refractivity contribution in [3.63, 3.8) is 0 Å². The molecule has 0 bridgehead atoms. The van der Waals surface area contributed by atoms with Gasteiger partial charge in [-0.05, 0) is 30.7 Å². The molecule has 1 heterocycles. The van der Waals surface area contributed by atoms with Gasteiger partial charge in [0.1, 0.15) is 6.04 Å². The molecule has 4 heteroatoms. The Morgan fingerprint density at radius 1 is 1.10 bits per heavy atom. The van der Waals surface area contributed by atoms with Crippen LogP contribution in [0.25, 0.3) is 0 Å². The van der Waals surface area contributed by atoms with Crippen molar-refractivity contribution in [1.29, 1.82) is 0 Å². The number of para-hydroxylation sites is 2. The number of anilines is 2. The van der Waals surface area contributed by atoms with Crippen LogP contribution in [0.4, 0.5) is 11.4 Å². The molecular formula is C16H15NO2S. The van der Waals surface area contributed by atoms with Gasteiger partial charge in [-0.2, -0.15) is 0 Å². The lowest BCUT2D eigenvalue weighted by molar-refractivity contribution is -0.138. The monoisotopic (exact) mass is 285 g/mol. The summed E-state index contributed by atoms with van der Waals surface area (Å²) >= 11 is 1.69. The first-order valence-corrected chi connectivity index (χ1v) is 7.42. The normalized spacial score (nSPS) is 14.3. The Kier molecular flexibility index (Phi) is 3.40. The van der Waals surface area contributed by atoms with E-state index in [1.165, 1.54) is 0 Å². The summed E-state index contributed by atoms with van der Waals surface area (Å²) in [6.07, 6.45) is 0.558. The van der Waals surface area contributed by atoms with Crippen LogP contribution in [0.15, 0.2) is 58.3 Å². The molecule has 1 N–H and O–H groups in total. The molecule has 2 aromatic rings. The Morgan fingerprint density at radius 3 is 2.05 bits per heavy atom. The van der Waals surface area contributed by atoms with E-state index in [4.69, 9.17) is 0 Å². The second-order valence-corrected chi connectivity index (χ2v) is 5.75. The van der Waals surface area contributed by atoms with Crippen LogP contribution in [-0.4, -0.2) is 17.1 Å². The molecule has 0 fully saturated rings. The van der Waals surface area contributed by atoms with Crippen LogP contribution in [0, 0.1) is 0 Å². The van der Waals surface area contributed by atoms with E-state index in [1.54, 1.807) is 11.8 Å². The molecule has 1 unspecified atom stereocenters. The highest BCUT2D eigenvalue weighted by atomic mass is 32.2. The Hall–Kier alpha value is -1.94. The van der Waals surface area contributed by atoms with E-state index in [1.807, 2.05) is 60.4 Å². The third kappa shape index (κ3) is 2.06. The third-order valence-corrected chi connectivity index (χ3v) is 4.58. The fourth-order valence-electron chi connectivity index (χ4n) is 2.54. The van der Waals surface area contributed by atoms with Gasteiger partial charge in [-0.25, -0.2) is 4.79 Å². The van der Waals surface area contributed by atoms with Gasteiger partial charge in [0.05, 0.1) is 11.4 Å². The average Bonchev–Trinajstić information content (AvgIpc) is 2.47. The van der Waals surface area contributed by atoms with Crippen LogP contribution in [0.5, 0.6) is 0 Å². The summed E-state index contributed by atoms with van der Waals surface area (Å²) in [7, 11) is 0. The number of carbonyl (C=O) groups is 1. The molecule has 0 saturated heterocycles. The molecule has 0 aliphatic carbocycles. The Labute approximate surface area is 122 Å². The molecular weight excluding hydrogens is 270 g/mol. The summed E-state index contributed by atoms with van der Waals surface area (Å²) in [6.45, 7) is 1.91. The average molecular weight is 285 g/mol. The van der Waals surface area contributed by atoms with E-state index in [9.17, 15) is 9.90 Å². The van der Waals surface area contributed by atoms with Crippen LogP contribution in [-0.2, 0) is 4.79 Å². The van der Waals surface area contributed by atoms with Gasteiger partial charge in [0.25, 0.3) is 0 Å². The van der Waals surface area contributed by atoms with Crippen LogP contribution in [0.1, 0.15) is 13.3 Å². The van der Waals surface area contributed by atoms with Crippen LogP contribution in [0.3, 0.4) is 0 Å². The van der Waals surface area contributed by atoms with Crippen LogP contribution in [0.2, 0.25) is 0 Å². The lowest BCUT2D eigenvalue weighted by atomic mass is 10.1. The lowest BCUT2D eigenvalue weighted by Crippen LogP contribution is -2.38. The zero-order chi connectivity index (χ0) is 14.1. The lowest BCUT2D eigenvalue weighted by Gasteiger charge is -2.36. The maximum absolute atomic E-state index is 11.6. The van der Waals surface area contributed by atoms with Crippen molar-refractivity contribution in [2.45, 2.75) is 29.2 Å². The highest BCUT2D eigenvalue weighted by Gasteiger charge is 2.31. The first kappa shape index (κ1) is 13.1. The summed E-state index contributed by atoms with van der Waals surface area (Å²) in [5, 5.41) is 9.53.